The van der Waals surface area contributed by atoms with Gasteiger partial charge in [-0.1, -0.05) is 0 Å². The Kier molecular flexibility index (Phi) is 5.38. The predicted molar refractivity (Wildman–Crippen MR) is 75.7 cm³/mol. The number of methoxy groups -OCH3 is 2. The van der Waals surface area contributed by atoms with Gasteiger partial charge in [-0.2, -0.15) is 0 Å². The van der Waals surface area contributed by atoms with Crippen LogP contribution in [0.15, 0.2) is 18.2 Å². The van der Waals surface area contributed by atoms with Gasteiger partial charge in [0.1, 0.15) is 16.7 Å². The average Bonchev–Trinajstić information content (AvgIpc) is 2.42. The zero-order chi connectivity index (χ0) is 15.3. The van der Waals surface area contributed by atoms with E-state index in [0.29, 0.717) is 17.1 Å². The van der Waals surface area contributed by atoms with Crippen LogP contribution in [0.2, 0.25) is 0 Å². The van der Waals surface area contributed by atoms with Gasteiger partial charge in [-0.3, -0.25) is 4.79 Å². The van der Waals surface area contributed by atoms with Crippen LogP contribution in [0.25, 0.3) is 0 Å². The summed E-state index contributed by atoms with van der Waals surface area (Å²) in [5, 5.41) is 1.49. The molecule has 0 radical (unpaired) electrons. The molecule has 0 saturated carbocycles. The summed E-state index contributed by atoms with van der Waals surface area (Å²) in [7, 11) is -0.345. The van der Waals surface area contributed by atoms with Gasteiger partial charge in [0, 0.05) is 18.4 Å². The molecular formula is C13H19NO5S. The molecule has 1 amide bonds. The molecule has 1 rings (SSSR count). The van der Waals surface area contributed by atoms with E-state index in [1.807, 2.05) is 0 Å². The van der Waals surface area contributed by atoms with Crippen LogP contribution in [-0.4, -0.2) is 40.1 Å². The molecule has 0 heterocycles. The summed E-state index contributed by atoms with van der Waals surface area (Å²) in [6, 6.07) is 5.19. The van der Waals surface area contributed by atoms with E-state index in [1.54, 1.807) is 18.2 Å². The maximum Gasteiger partial charge on any atom is 0.238 e. The summed E-state index contributed by atoms with van der Waals surface area (Å²) in [5.41, 5.74) is 0.709. The number of ether oxygens (including phenoxy) is 2. The number of rotatable bonds is 6. The SMILES string of the molecule is COc1ccc(OC)c(CNC(=O)[C@H](C)S(C)(=O)=O)c1. The molecule has 1 N–H and O–H groups in total. The van der Waals surface area contributed by atoms with E-state index in [0.717, 1.165) is 6.26 Å². The van der Waals surface area contributed by atoms with E-state index in [2.05, 4.69) is 5.32 Å². The standard InChI is InChI=1S/C13H19NO5S/c1-9(20(4,16)17)13(15)14-8-10-7-11(18-2)5-6-12(10)19-3/h5-7,9H,8H2,1-4H3,(H,14,15)/t9-/m0/s1. The van der Waals surface area contributed by atoms with E-state index >= 15 is 0 Å². The van der Waals surface area contributed by atoms with Crippen molar-refractivity contribution in [2.45, 2.75) is 18.7 Å². The van der Waals surface area contributed by atoms with Gasteiger partial charge >= 0.3 is 0 Å². The van der Waals surface area contributed by atoms with Gasteiger partial charge in [0.25, 0.3) is 0 Å². The highest BCUT2D eigenvalue weighted by molar-refractivity contribution is 7.92. The van der Waals surface area contributed by atoms with E-state index < -0.39 is 21.0 Å². The molecule has 0 spiro atoms. The van der Waals surface area contributed by atoms with Crippen molar-refractivity contribution in [2.75, 3.05) is 20.5 Å². The minimum Gasteiger partial charge on any atom is -0.497 e. The summed E-state index contributed by atoms with van der Waals surface area (Å²) >= 11 is 0. The predicted octanol–water partition coefficient (Wildman–Crippen LogP) is 0.753. The third-order valence-corrected chi connectivity index (χ3v) is 4.45. The molecule has 0 aliphatic heterocycles. The lowest BCUT2D eigenvalue weighted by molar-refractivity contribution is -0.120. The lowest BCUT2D eigenvalue weighted by Crippen LogP contribution is -2.37. The number of amides is 1. The number of nitrogens with one attached hydrogen (secondary N) is 1. The van der Waals surface area contributed by atoms with Gasteiger partial charge in [-0.05, 0) is 25.1 Å². The van der Waals surface area contributed by atoms with Gasteiger partial charge < -0.3 is 14.8 Å². The second-order valence-corrected chi connectivity index (χ2v) is 6.73. The first kappa shape index (κ1) is 16.3. The molecule has 7 heteroatoms. The molecule has 1 aromatic carbocycles. The Morgan fingerprint density at radius 2 is 1.95 bits per heavy atom. The molecule has 0 unspecified atom stereocenters. The van der Waals surface area contributed by atoms with Crippen LogP contribution in [0.1, 0.15) is 12.5 Å². The fourth-order valence-corrected chi connectivity index (χ4v) is 2.01. The van der Waals surface area contributed by atoms with E-state index in [4.69, 9.17) is 9.47 Å². The summed E-state index contributed by atoms with van der Waals surface area (Å²) < 4.78 is 32.9. The van der Waals surface area contributed by atoms with Crippen LogP contribution in [0, 0.1) is 0 Å². The fraction of sp³-hybridized carbons (Fsp3) is 0.462. The van der Waals surface area contributed by atoms with Crippen molar-refractivity contribution in [1.29, 1.82) is 0 Å². The first-order chi connectivity index (χ1) is 9.29. The normalized spacial score (nSPS) is 12.6. The summed E-state index contributed by atoms with van der Waals surface area (Å²) in [4.78, 5) is 11.8. The Hall–Kier alpha value is -1.76. The lowest BCUT2D eigenvalue weighted by Gasteiger charge is -2.13. The second-order valence-electron chi connectivity index (χ2n) is 4.37. The topological polar surface area (TPSA) is 81.7 Å². The van der Waals surface area contributed by atoms with Crippen molar-refractivity contribution in [3.63, 3.8) is 0 Å². The molecule has 1 aromatic rings. The van der Waals surface area contributed by atoms with Crippen LogP contribution in [0.5, 0.6) is 11.5 Å². The van der Waals surface area contributed by atoms with Gasteiger partial charge in [-0.25, -0.2) is 8.42 Å². The summed E-state index contributed by atoms with van der Waals surface area (Å²) in [6.45, 7) is 1.52. The van der Waals surface area contributed by atoms with Crippen molar-refractivity contribution in [3.8, 4) is 11.5 Å². The van der Waals surface area contributed by atoms with Crippen LogP contribution in [0.3, 0.4) is 0 Å². The number of hydrogen-bond donors (Lipinski definition) is 1. The molecule has 0 fully saturated rings. The van der Waals surface area contributed by atoms with Gasteiger partial charge in [0.05, 0.1) is 14.2 Å². The highest BCUT2D eigenvalue weighted by Gasteiger charge is 2.23. The van der Waals surface area contributed by atoms with Crippen molar-refractivity contribution < 1.29 is 22.7 Å². The average molecular weight is 301 g/mol. The molecule has 0 aliphatic rings. The first-order valence-electron chi connectivity index (χ1n) is 5.97. The quantitative estimate of drug-likeness (QED) is 0.838. The molecule has 112 valence electrons. The smallest absolute Gasteiger partial charge is 0.238 e. The molecule has 0 aromatic heterocycles. The van der Waals surface area contributed by atoms with Crippen LogP contribution < -0.4 is 14.8 Å². The van der Waals surface area contributed by atoms with Crippen LogP contribution >= 0.6 is 0 Å². The minimum atomic E-state index is -3.40. The molecule has 6 nitrogen and oxygen atoms in total. The third kappa shape index (κ3) is 4.12. The monoisotopic (exact) mass is 301 g/mol. The maximum atomic E-state index is 11.8. The highest BCUT2D eigenvalue weighted by Crippen LogP contribution is 2.23. The third-order valence-electron chi connectivity index (χ3n) is 2.95. The molecule has 0 bridgehead atoms. The Balaban J connectivity index is 2.81. The second kappa shape index (κ2) is 6.60. The van der Waals surface area contributed by atoms with Crippen LogP contribution in [0.4, 0.5) is 0 Å². The Morgan fingerprint density at radius 3 is 2.45 bits per heavy atom. The summed E-state index contributed by atoms with van der Waals surface area (Å²) in [5.74, 6) is 0.682. The highest BCUT2D eigenvalue weighted by atomic mass is 32.2. The van der Waals surface area contributed by atoms with Crippen molar-refractivity contribution in [3.05, 3.63) is 23.8 Å². The molecular weight excluding hydrogens is 282 g/mol. The fourth-order valence-electron chi connectivity index (χ4n) is 1.54. The molecule has 1 atom stereocenters. The van der Waals surface area contributed by atoms with Crippen molar-refractivity contribution in [2.24, 2.45) is 0 Å². The minimum absolute atomic E-state index is 0.166. The van der Waals surface area contributed by atoms with E-state index in [1.165, 1.54) is 21.1 Å². The van der Waals surface area contributed by atoms with Gasteiger partial charge in [-0.15, -0.1) is 0 Å². The Morgan fingerprint density at radius 1 is 1.30 bits per heavy atom. The Labute approximate surface area is 119 Å². The molecule has 0 aliphatic carbocycles. The Bertz CT molecular complexity index is 582. The van der Waals surface area contributed by atoms with E-state index in [9.17, 15) is 13.2 Å². The maximum absolute atomic E-state index is 11.8. The number of carbonyl (C=O) groups excluding carboxylic acids is 1. The summed E-state index contributed by atoms with van der Waals surface area (Å²) in [6.07, 6.45) is 1.03. The van der Waals surface area contributed by atoms with E-state index in [-0.39, 0.29) is 6.54 Å². The number of hydrogen-bond acceptors (Lipinski definition) is 5. The molecule has 20 heavy (non-hydrogen) atoms. The van der Waals surface area contributed by atoms with Gasteiger partial charge in [0.15, 0.2) is 9.84 Å². The van der Waals surface area contributed by atoms with Crippen molar-refractivity contribution in [1.82, 2.24) is 5.32 Å². The van der Waals surface area contributed by atoms with Crippen molar-refractivity contribution >= 4 is 15.7 Å². The lowest BCUT2D eigenvalue weighted by atomic mass is 10.2. The number of benzene rings is 1. The zero-order valence-electron chi connectivity index (χ0n) is 12.0. The largest absolute Gasteiger partial charge is 0.497 e. The van der Waals surface area contributed by atoms with Crippen LogP contribution in [-0.2, 0) is 21.2 Å². The first-order valence-corrected chi connectivity index (χ1v) is 7.92. The van der Waals surface area contributed by atoms with Gasteiger partial charge in [0.2, 0.25) is 5.91 Å². The zero-order valence-corrected chi connectivity index (χ0v) is 12.8. The molecule has 0 saturated heterocycles. The number of carbonyl (C=O) groups is 1. The number of sulfone groups is 1.